The molecule has 0 amide bonds. The van der Waals surface area contributed by atoms with Gasteiger partial charge in [-0.25, -0.2) is 0 Å². The van der Waals surface area contributed by atoms with Crippen LogP contribution in [-0.2, 0) is 19.4 Å². The number of benzene rings is 1. The lowest BCUT2D eigenvalue weighted by atomic mass is 9.91. The zero-order chi connectivity index (χ0) is 16.6. The second-order valence-corrected chi connectivity index (χ2v) is 6.65. The van der Waals surface area contributed by atoms with E-state index in [2.05, 4.69) is 32.0 Å². The van der Waals surface area contributed by atoms with Crippen molar-refractivity contribution >= 4 is 0 Å². The summed E-state index contributed by atoms with van der Waals surface area (Å²) in [5, 5.41) is 0. The third kappa shape index (κ3) is 2.86. The van der Waals surface area contributed by atoms with Crippen LogP contribution in [0.15, 0.2) is 29.1 Å². The van der Waals surface area contributed by atoms with Gasteiger partial charge in [-0.3, -0.25) is 4.79 Å². The molecule has 1 aromatic carbocycles. The molecule has 3 heteroatoms. The van der Waals surface area contributed by atoms with Crippen molar-refractivity contribution in [1.29, 1.82) is 0 Å². The first kappa shape index (κ1) is 16.0. The largest absolute Gasteiger partial charge is 0.320 e. The molecule has 0 aliphatic heterocycles. The molecule has 0 saturated heterocycles. The molecule has 2 N–H and O–H groups in total. The lowest BCUT2D eigenvalue weighted by molar-refractivity contribution is 0.582. The van der Waals surface area contributed by atoms with Crippen LogP contribution >= 0.6 is 0 Å². The second kappa shape index (κ2) is 6.32. The fourth-order valence-corrected chi connectivity index (χ4v) is 3.60. The average Bonchev–Trinajstić information content (AvgIpc) is 2.56. The number of fused-ring (bicyclic) bond motifs is 1. The maximum Gasteiger partial charge on any atom is 0.255 e. The van der Waals surface area contributed by atoms with Crippen molar-refractivity contribution in [2.24, 2.45) is 5.73 Å². The van der Waals surface area contributed by atoms with E-state index in [4.69, 9.17) is 5.73 Å². The Bertz CT molecular complexity index is 789. The number of nitrogens with two attached hydrogens (primary N) is 1. The Morgan fingerprint density at radius 2 is 1.87 bits per heavy atom. The molecule has 1 aromatic heterocycles. The van der Waals surface area contributed by atoms with E-state index in [0.717, 1.165) is 24.0 Å². The maximum atomic E-state index is 12.9. The van der Waals surface area contributed by atoms with E-state index in [1.807, 2.05) is 17.6 Å². The van der Waals surface area contributed by atoms with E-state index in [1.165, 1.54) is 35.2 Å². The smallest absolute Gasteiger partial charge is 0.255 e. The van der Waals surface area contributed by atoms with E-state index >= 15 is 0 Å². The molecule has 1 atom stereocenters. The molecule has 3 nitrogen and oxygen atoms in total. The van der Waals surface area contributed by atoms with Gasteiger partial charge in [0.25, 0.3) is 5.56 Å². The number of aromatic nitrogens is 1. The topological polar surface area (TPSA) is 48.0 Å². The summed E-state index contributed by atoms with van der Waals surface area (Å²) >= 11 is 0. The molecule has 122 valence electrons. The minimum atomic E-state index is -0.355. The Morgan fingerprint density at radius 1 is 1.13 bits per heavy atom. The molecule has 1 aliphatic carbocycles. The first-order valence-electron chi connectivity index (χ1n) is 8.61. The van der Waals surface area contributed by atoms with Gasteiger partial charge < -0.3 is 10.3 Å². The van der Waals surface area contributed by atoms with Crippen molar-refractivity contribution in [3.8, 4) is 0 Å². The predicted octanol–water partition coefficient (Wildman–Crippen LogP) is 3.41. The average molecular weight is 310 g/mol. The highest BCUT2D eigenvalue weighted by Crippen LogP contribution is 2.25. The predicted molar refractivity (Wildman–Crippen MR) is 95.0 cm³/mol. The van der Waals surface area contributed by atoms with Gasteiger partial charge in [-0.1, -0.05) is 18.2 Å². The number of rotatable bonds is 3. The molecule has 1 unspecified atom stereocenters. The van der Waals surface area contributed by atoms with Gasteiger partial charge in [-0.05, 0) is 74.8 Å². The number of hydrogen-bond donors (Lipinski definition) is 1. The van der Waals surface area contributed by atoms with Crippen LogP contribution in [0.2, 0.25) is 0 Å². The summed E-state index contributed by atoms with van der Waals surface area (Å²) in [4.78, 5) is 12.9. The van der Waals surface area contributed by atoms with E-state index in [0.29, 0.717) is 6.54 Å². The Balaban J connectivity index is 2.11. The van der Waals surface area contributed by atoms with Gasteiger partial charge in [0.2, 0.25) is 0 Å². The molecule has 0 radical (unpaired) electrons. The fraction of sp³-hybridized carbons (Fsp3) is 0.450. The summed E-state index contributed by atoms with van der Waals surface area (Å²) in [7, 11) is 0. The van der Waals surface area contributed by atoms with Crippen LogP contribution in [0.5, 0.6) is 0 Å². The molecular formula is C20H26N2O. The van der Waals surface area contributed by atoms with E-state index in [9.17, 15) is 4.79 Å². The van der Waals surface area contributed by atoms with Crippen LogP contribution < -0.4 is 11.3 Å². The summed E-state index contributed by atoms with van der Waals surface area (Å²) in [5.74, 6) is 0. The highest BCUT2D eigenvalue weighted by Gasteiger charge is 2.21. The SMILES string of the molecule is CCn1c2c(cc(C(N)c3ccc(C)c(C)c3)c1=O)CCCC2. The second-order valence-electron chi connectivity index (χ2n) is 6.65. The van der Waals surface area contributed by atoms with Crippen molar-refractivity contribution < 1.29 is 0 Å². The van der Waals surface area contributed by atoms with E-state index in [-0.39, 0.29) is 11.6 Å². The molecule has 1 heterocycles. The van der Waals surface area contributed by atoms with Gasteiger partial charge in [0, 0.05) is 17.8 Å². The van der Waals surface area contributed by atoms with Crippen molar-refractivity contribution in [3.05, 3.63) is 68.1 Å². The van der Waals surface area contributed by atoms with Crippen LogP contribution in [0, 0.1) is 13.8 Å². The highest BCUT2D eigenvalue weighted by molar-refractivity contribution is 5.39. The lowest BCUT2D eigenvalue weighted by Crippen LogP contribution is -2.32. The van der Waals surface area contributed by atoms with E-state index < -0.39 is 0 Å². The summed E-state index contributed by atoms with van der Waals surface area (Å²) in [5.41, 5.74) is 13.3. The molecule has 23 heavy (non-hydrogen) atoms. The standard InChI is InChI=1S/C20H26N2O/c1-4-22-18-8-6-5-7-15(18)12-17(20(22)23)19(21)16-10-9-13(2)14(3)11-16/h9-12,19H,4-8,21H2,1-3H3. The van der Waals surface area contributed by atoms with Gasteiger partial charge in [0.1, 0.15) is 0 Å². The highest BCUT2D eigenvalue weighted by atomic mass is 16.1. The van der Waals surface area contributed by atoms with Gasteiger partial charge in [-0.15, -0.1) is 0 Å². The lowest BCUT2D eigenvalue weighted by Gasteiger charge is -2.23. The van der Waals surface area contributed by atoms with Crippen LogP contribution in [0.1, 0.15) is 59.3 Å². The quantitative estimate of drug-likeness (QED) is 0.944. The fourth-order valence-electron chi connectivity index (χ4n) is 3.60. The van der Waals surface area contributed by atoms with Gasteiger partial charge in [0.05, 0.1) is 6.04 Å². The summed E-state index contributed by atoms with van der Waals surface area (Å²) < 4.78 is 1.94. The molecular weight excluding hydrogens is 284 g/mol. The Kier molecular flexibility index (Phi) is 4.40. The number of pyridine rings is 1. The minimum Gasteiger partial charge on any atom is -0.320 e. The van der Waals surface area contributed by atoms with Gasteiger partial charge >= 0.3 is 0 Å². The Morgan fingerprint density at radius 3 is 2.57 bits per heavy atom. The maximum absolute atomic E-state index is 12.9. The van der Waals surface area contributed by atoms with Crippen molar-refractivity contribution in [2.75, 3.05) is 0 Å². The van der Waals surface area contributed by atoms with Gasteiger partial charge in [0.15, 0.2) is 0 Å². The summed E-state index contributed by atoms with van der Waals surface area (Å²) in [6.07, 6.45) is 4.45. The molecule has 3 rings (SSSR count). The van der Waals surface area contributed by atoms with Crippen molar-refractivity contribution in [1.82, 2.24) is 4.57 Å². The Labute approximate surface area is 138 Å². The first-order valence-corrected chi connectivity index (χ1v) is 8.61. The molecule has 1 aliphatic rings. The third-order valence-electron chi connectivity index (χ3n) is 5.17. The molecule has 2 aromatic rings. The number of nitrogens with zero attached hydrogens (tertiary/aromatic N) is 1. The molecule has 0 saturated carbocycles. The number of aryl methyl sites for hydroxylation is 3. The first-order chi connectivity index (χ1) is 11.0. The molecule has 0 fully saturated rings. The summed E-state index contributed by atoms with van der Waals surface area (Å²) in [6, 6.07) is 7.95. The molecule has 0 spiro atoms. The van der Waals surface area contributed by atoms with Gasteiger partial charge in [-0.2, -0.15) is 0 Å². The zero-order valence-electron chi connectivity index (χ0n) is 14.4. The summed E-state index contributed by atoms with van der Waals surface area (Å²) in [6.45, 7) is 6.94. The van der Waals surface area contributed by atoms with Crippen LogP contribution in [0.4, 0.5) is 0 Å². The molecule has 0 bridgehead atoms. The van der Waals surface area contributed by atoms with E-state index in [1.54, 1.807) is 0 Å². The third-order valence-corrected chi connectivity index (χ3v) is 5.17. The Hall–Kier alpha value is -1.87. The normalized spacial score (nSPS) is 15.3. The van der Waals surface area contributed by atoms with Crippen molar-refractivity contribution in [3.63, 3.8) is 0 Å². The van der Waals surface area contributed by atoms with Crippen LogP contribution in [0.3, 0.4) is 0 Å². The monoisotopic (exact) mass is 310 g/mol. The van der Waals surface area contributed by atoms with Crippen molar-refractivity contribution in [2.45, 2.75) is 59.0 Å². The zero-order valence-corrected chi connectivity index (χ0v) is 14.4. The number of hydrogen-bond acceptors (Lipinski definition) is 2. The van der Waals surface area contributed by atoms with Crippen LogP contribution in [-0.4, -0.2) is 4.57 Å². The van der Waals surface area contributed by atoms with Crippen LogP contribution in [0.25, 0.3) is 0 Å². The minimum absolute atomic E-state index is 0.0823.